The van der Waals surface area contributed by atoms with Crippen LogP contribution < -0.4 is 20.6 Å². The molecule has 2 aromatic heterocycles. The number of likely N-dealkylation sites (N-methyl/N-ethyl adjacent to an activating group) is 1. The van der Waals surface area contributed by atoms with Crippen molar-refractivity contribution < 1.29 is 4.74 Å². The van der Waals surface area contributed by atoms with Crippen molar-refractivity contribution in [2.75, 3.05) is 39.1 Å². The number of piperazine rings is 1. The molecule has 0 spiro atoms. The maximum Gasteiger partial charge on any atom is 0.119 e. The Morgan fingerprint density at radius 3 is 2.82 bits per heavy atom. The number of methoxy groups -OCH3 is 1. The van der Waals surface area contributed by atoms with Crippen LogP contribution in [0.4, 0.5) is 5.00 Å². The van der Waals surface area contributed by atoms with Gasteiger partial charge in [0.1, 0.15) is 10.8 Å². The van der Waals surface area contributed by atoms with Gasteiger partial charge in [0, 0.05) is 53.7 Å². The Bertz CT molecular complexity index is 1250. The Hall–Kier alpha value is -2.25. The number of rotatable bonds is 5. The zero-order valence-electron chi connectivity index (χ0n) is 19.8. The van der Waals surface area contributed by atoms with Gasteiger partial charge < -0.3 is 15.0 Å². The van der Waals surface area contributed by atoms with Gasteiger partial charge in [-0.1, -0.05) is 12.1 Å². The third-order valence-electron chi connectivity index (χ3n) is 6.53. The predicted molar refractivity (Wildman–Crippen MR) is 147 cm³/mol. The van der Waals surface area contributed by atoms with E-state index in [1.54, 1.807) is 7.11 Å². The lowest BCUT2D eigenvalue weighted by Crippen LogP contribution is -2.52. The molecule has 5 nitrogen and oxygen atoms in total. The number of fused-ring (bicyclic) bond motifs is 2. The van der Waals surface area contributed by atoms with E-state index in [2.05, 4.69) is 65.6 Å². The summed E-state index contributed by atoms with van der Waals surface area (Å²) in [6.45, 7) is 5.23. The lowest BCUT2D eigenvalue weighted by Gasteiger charge is -2.41. The largest absolute Gasteiger partial charge is 0.497 e. The second-order valence-corrected chi connectivity index (χ2v) is 9.91. The highest BCUT2D eigenvalue weighted by molar-refractivity contribution is 7.16. The van der Waals surface area contributed by atoms with E-state index in [0.29, 0.717) is 6.04 Å². The van der Waals surface area contributed by atoms with Crippen LogP contribution in [0.5, 0.6) is 5.75 Å². The number of hydrogen-bond acceptors (Lipinski definition) is 6. The average molecular weight is 520 g/mol. The number of benzene rings is 1. The Morgan fingerprint density at radius 1 is 1.15 bits per heavy atom. The number of aromatic nitrogens is 1. The Morgan fingerprint density at radius 2 is 2.00 bits per heavy atom. The van der Waals surface area contributed by atoms with Crippen LogP contribution in [0.3, 0.4) is 0 Å². The van der Waals surface area contributed by atoms with Crippen molar-refractivity contribution in [2.24, 2.45) is 0 Å². The van der Waals surface area contributed by atoms with Crippen LogP contribution in [0.2, 0.25) is 0 Å². The highest BCUT2D eigenvalue weighted by atomic mass is 35.5. The second kappa shape index (κ2) is 11.5. The summed E-state index contributed by atoms with van der Waals surface area (Å²) in [5.41, 5.74) is 3.87. The lowest BCUT2D eigenvalue weighted by molar-refractivity contribution is 0.128. The molecule has 1 fully saturated rings. The summed E-state index contributed by atoms with van der Waals surface area (Å²) >= 11 is 1.81. The molecule has 0 saturated carbocycles. The number of anilines is 1. The first-order chi connectivity index (χ1) is 15.6. The van der Waals surface area contributed by atoms with E-state index in [9.17, 15) is 0 Å². The minimum atomic E-state index is 0. The Kier molecular flexibility index (Phi) is 8.88. The van der Waals surface area contributed by atoms with Crippen LogP contribution in [-0.2, 0) is 6.42 Å². The number of nitrogens with one attached hydrogen (secondary N) is 1. The van der Waals surface area contributed by atoms with Gasteiger partial charge in [0.2, 0.25) is 0 Å². The second-order valence-electron chi connectivity index (χ2n) is 8.65. The molecular weight excluding hydrogens is 487 g/mol. The molecule has 0 aliphatic carbocycles. The topological polar surface area (TPSA) is 40.6 Å². The van der Waals surface area contributed by atoms with Crippen molar-refractivity contribution in [2.45, 2.75) is 25.8 Å². The van der Waals surface area contributed by atoms with Crippen LogP contribution in [0.25, 0.3) is 11.9 Å². The normalized spacial score (nSPS) is 17.2. The number of ether oxygens (including phenoxy) is 1. The summed E-state index contributed by atoms with van der Waals surface area (Å²) in [4.78, 5) is 11.2. The number of hydrogen-bond donors (Lipinski definition) is 1. The number of pyridine rings is 1. The fourth-order valence-corrected chi connectivity index (χ4v) is 5.62. The van der Waals surface area contributed by atoms with Crippen molar-refractivity contribution in [1.29, 1.82) is 0 Å². The molecule has 1 N–H and O–H groups in total. The summed E-state index contributed by atoms with van der Waals surface area (Å²) in [6.07, 6.45) is 6.17. The average Bonchev–Trinajstić information content (AvgIpc) is 3.11. The molecule has 182 valence electrons. The van der Waals surface area contributed by atoms with Gasteiger partial charge in [-0.05, 0) is 62.7 Å². The number of aryl methyl sites for hydroxylation is 2. The van der Waals surface area contributed by atoms with Crippen LogP contribution in [0.15, 0.2) is 48.7 Å². The molecule has 1 atom stereocenters. The maximum atomic E-state index is 5.41. The van der Waals surface area contributed by atoms with Gasteiger partial charge in [-0.15, -0.1) is 36.2 Å². The van der Waals surface area contributed by atoms with E-state index in [4.69, 9.17) is 9.72 Å². The van der Waals surface area contributed by atoms with Gasteiger partial charge in [0.05, 0.1) is 18.2 Å². The summed E-state index contributed by atoms with van der Waals surface area (Å²) < 4.78 is 5.41. The standard InChI is InChI=1S/C26H30N4OS.2ClH/c1-18-14-23-25(24-20(7-5-11-27-24)16-28-26(23)32-18)30-13-12-29(2)21(17-30)10-9-19-6-4-8-22(15-19)31-3;;/h4-8,11,14-16,21,28H,9-10,12-13,17H2,1-3H3;2*1H. The fourth-order valence-electron chi connectivity index (χ4n) is 4.74. The van der Waals surface area contributed by atoms with E-state index < -0.39 is 0 Å². The summed E-state index contributed by atoms with van der Waals surface area (Å²) in [6, 6.07) is 15.4. The van der Waals surface area contributed by atoms with Crippen molar-refractivity contribution in [1.82, 2.24) is 14.8 Å². The van der Waals surface area contributed by atoms with Crippen molar-refractivity contribution in [3.05, 3.63) is 75.2 Å². The summed E-state index contributed by atoms with van der Waals surface area (Å²) in [5.74, 6) is 0.932. The van der Waals surface area contributed by atoms with Crippen molar-refractivity contribution in [3.63, 3.8) is 0 Å². The molecule has 3 aromatic rings. The molecule has 1 unspecified atom stereocenters. The first-order valence-corrected chi connectivity index (χ1v) is 12.0. The Labute approximate surface area is 218 Å². The molecule has 1 saturated heterocycles. The maximum absolute atomic E-state index is 5.41. The molecule has 2 aliphatic rings. The van der Waals surface area contributed by atoms with E-state index in [-0.39, 0.29) is 24.8 Å². The van der Waals surface area contributed by atoms with E-state index in [1.807, 2.05) is 29.7 Å². The highest BCUT2D eigenvalue weighted by Gasteiger charge is 2.29. The summed E-state index contributed by atoms with van der Waals surface area (Å²) in [7, 11) is 3.99. The van der Waals surface area contributed by atoms with Gasteiger partial charge in [-0.3, -0.25) is 9.88 Å². The van der Waals surface area contributed by atoms with Gasteiger partial charge in [-0.25, -0.2) is 0 Å². The van der Waals surface area contributed by atoms with Crippen molar-refractivity contribution in [3.8, 4) is 5.75 Å². The molecule has 0 radical (unpaired) electrons. The molecule has 1 aromatic carbocycles. The fraction of sp³-hybridized carbons (Fsp3) is 0.346. The van der Waals surface area contributed by atoms with Crippen molar-refractivity contribution >= 4 is 53.0 Å². The zero-order chi connectivity index (χ0) is 22.1. The van der Waals surface area contributed by atoms with Crippen LogP contribution >= 0.6 is 36.2 Å². The molecule has 4 heterocycles. The molecule has 0 bridgehead atoms. The van der Waals surface area contributed by atoms with Gasteiger partial charge in [0.25, 0.3) is 0 Å². The first-order valence-electron chi connectivity index (χ1n) is 11.2. The van der Waals surface area contributed by atoms with Gasteiger partial charge in [-0.2, -0.15) is 0 Å². The molecule has 34 heavy (non-hydrogen) atoms. The molecule has 0 amide bonds. The van der Waals surface area contributed by atoms with Crippen LogP contribution in [0.1, 0.15) is 22.4 Å². The highest BCUT2D eigenvalue weighted by Crippen LogP contribution is 2.35. The van der Waals surface area contributed by atoms with Gasteiger partial charge >= 0.3 is 0 Å². The molecular formula is C26H32Cl2N4OS. The van der Waals surface area contributed by atoms with Crippen LogP contribution in [-0.4, -0.2) is 54.6 Å². The lowest BCUT2D eigenvalue weighted by atomic mass is 10.0. The minimum absolute atomic E-state index is 0. The quantitative estimate of drug-likeness (QED) is 0.555. The van der Waals surface area contributed by atoms with E-state index in [1.165, 1.54) is 26.7 Å². The third-order valence-corrected chi connectivity index (χ3v) is 7.51. The predicted octanol–water partition coefficient (Wildman–Crippen LogP) is 3.87. The molecule has 2 aliphatic heterocycles. The van der Waals surface area contributed by atoms with Gasteiger partial charge in [0.15, 0.2) is 0 Å². The number of nitrogens with zero attached hydrogens (tertiary/aromatic N) is 3. The SMILES string of the molecule is COc1cccc(CCC2CN(C3=c4ncccc4=CNc4sc(C)cc43)CCN2C)c1.Cl.Cl. The Balaban J connectivity index is 0.00000162. The third kappa shape index (κ3) is 5.36. The minimum Gasteiger partial charge on any atom is -0.497 e. The smallest absolute Gasteiger partial charge is 0.119 e. The number of thiophene rings is 1. The first kappa shape index (κ1) is 26.4. The van der Waals surface area contributed by atoms with Crippen LogP contribution in [0, 0.1) is 6.92 Å². The monoisotopic (exact) mass is 518 g/mol. The van der Waals surface area contributed by atoms with E-state index >= 15 is 0 Å². The molecule has 5 rings (SSSR count). The van der Waals surface area contributed by atoms with E-state index in [0.717, 1.165) is 48.8 Å². The zero-order valence-corrected chi connectivity index (χ0v) is 22.2. The molecule has 8 heteroatoms. The summed E-state index contributed by atoms with van der Waals surface area (Å²) in [5, 5.41) is 6.97. The number of halogens is 2.